The Morgan fingerprint density at radius 1 is 1.26 bits per heavy atom. The molecule has 1 rings (SSSR count). The van der Waals surface area contributed by atoms with E-state index in [0.717, 1.165) is 18.6 Å². The van der Waals surface area contributed by atoms with Crippen LogP contribution in [-0.4, -0.2) is 26.7 Å². The predicted octanol–water partition coefficient (Wildman–Crippen LogP) is 2.16. The molecule has 0 aliphatic rings. The van der Waals surface area contributed by atoms with E-state index in [1.165, 1.54) is 12.7 Å². The van der Waals surface area contributed by atoms with Crippen molar-refractivity contribution in [3.63, 3.8) is 0 Å². The number of hydrogen-bond donors (Lipinski definition) is 1. The summed E-state index contributed by atoms with van der Waals surface area (Å²) < 4.78 is 9.84. The van der Waals surface area contributed by atoms with Crippen molar-refractivity contribution in [1.82, 2.24) is 0 Å². The molecule has 0 bridgehead atoms. The van der Waals surface area contributed by atoms with Gasteiger partial charge in [0.05, 0.1) is 20.6 Å². The Morgan fingerprint density at radius 3 is 2.37 bits per heavy atom. The largest absolute Gasteiger partial charge is 0.497 e. The number of aryl methyl sites for hydroxylation is 1. The highest BCUT2D eigenvalue weighted by atomic mass is 16.5. The third-order valence-corrected chi connectivity index (χ3v) is 3.47. The highest BCUT2D eigenvalue weighted by Gasteiger charge is 2.26. The lowest BCUT2D eigenvalue weighted by molar-refractivity contribution is -0.143. The molecule has 0 saturated heterocycles. The summed E-state index contributed by atoms with van der Waals surface area (Å²) in [5, 5.41) is 0. The fourth-order valence-electron chi connectivity index (χ4n) is 1.92. The molecule has 4 nitrogen and oxygen atoms in total. The van der Waals surface area contributed by atoms with Crippen molar-refractivity contribution in [3.8, 4) is 5.75 Å². The summed E-state index contributed by atoms with van der Waals surface area (Å²) >= 11 is 0. The van der Waals surface area contributed by atoms with Crippen LogP contribution < -0.4 is 10.5 Å². The monoisotopic (exact) mass is 265 g/mol. The molecule has 0 heterocycles. The Labute approximate surface area is 114 Å². The number of benzene rings is 1. The average molecular weight is 265 g/mol. The zero-order chi connectivity index (χ0) is 14.3. The molecule has 1 aromatic rings. The summed E-state index contributed by atoms with van der Waals surface area (Å²) in [6.45, 7) is 2.49. The summed E-state index contributed by atoms with van der Waals surface area (Å²) in [6, 6.07) is 7.95. The van der Waals surface area contributed by atoms with E-state index in [2.05, 4.69) is 0 Å². The van der Waals surface area contributed by atoms with Crippen LogP contribution >= 0.6 is 0 Å². The molecular formula is C15H23NO3. The molecule has 0 aliphatic carbocycles. The Balaban J connectivity index is 2.58. The van der Waals surface area contributed by atoms with Gasteiger partial charge in [-0.15, -0.1) is 0 Å². The van der Waals surface area contributed by atoms with Gasteiger partial charge in [-0.25, -0.2) is 0 Å². The molecule has 0 aromatic heterocycles. The van der Waals surface area contributed by atoms with Crippen LogP contribution in [0.4, 0.5) is 0 Å². The number of methoxy groups -OCH3 is 2. The second kappa shape index (κ2) is 7.14. The molecule has 1 unspecified atom stereocenters. The van der Waals surface area contributed by atoms with Crippen molar-refractivity contribution in [2.24, 2.45) is 11.1 Å². The minimum absolute atomic E-state index is 0.206. The van der Waals surface area contributed by atoms with Gasteiger partial charge in [0, 0.05) is 0 Å². The number of ether oxygens (including phenoxy) is 2. The van der Waals surface area contributed by atoms with Crippen LogP contribution in [0, 0.1) is 5.41 Å². The van der Waals surface area contributed by atoms with E-state index in [4.69, 9.17) is 15.2 Å². The SMILES string of the molecule is COC(=O)CC(C)(CN)CCc1ccc(OC)cc1. The van der Waals surface area contributed by atoms with E-state index in [1.54, 1.807) is 7.11 Å². The van der Waals surface area contributed by atoms with Crippen LogP contribution in [0.3, 0.4) is 0 Å². The highest BCUT2D eigenvalue weighted by molar-refractivity contribution is 5.70. The van der Waals surface area contributed by atoms with Gasteiger partial charge >= 0.3 is 5.97 Å². The van der Waals surface area contributed by atoms with Gasteiger partial charge < -0.3 is 15.2 Å². The van der Waals surface area contributed by atoms with Gasteiger partial charge in [-0.05, 0) is 42.5 Å². The Morgan fingerprint density at radius 2 is 1.89 bits per heavy atom. The first-order valence-electron chi connectivity index (χ1n) is 6.43. The van der Waals surface area contributed by atoms with E-state index >= 15 is 0 Å². The maximum atomic E-state index is 11.4. The fraction of sp³-hybridized carbons (Fsp3) is 0.533. The van der Waals surface area contributed by atoms with Crippen LogP contribution in [0.15, 0.2) is 24.3 Å². The second-order valence-corrected chi connectivity index (χ2v) is 5.12. The molecule has 0 radical (unpaired) electrons. The zero-order valence-corrected chi connectivity index (χ0v) is 11.9. The topological polar surface area (TPSA) is 61.5 Å². The van der Waals surface area contributed by atoms with Crippen molar-refractivity contribution in [2.45, 2.75) is 26.2 Å². The predicted molar refractivity (Wildman–Crippen MR) is 75.1 cm³/mol. The molecule has 0 spiro atoms. The smallest absolute Gasteiger partial charge is 0.306 e. The highest BCUT2D eigenvalue weighted by Crippen LogP contribution is 2.27. The van der Waals surface area contributed by atoms with E-state index in [-0.39, 0.29) is 11.4 Å². The van der Waals surface area contributed by atoms with E-state index in [0.29, 0.717) is 13.0 Å². The Bertz CT molecular complexity index is 402. The van der Waals surface area contributed by atoms with Crippen LogP contribution in [0.1, 0.15) is 25.3 Å². The number of carbonyl (C=O) groups is 1. The molecule has 106 valence electrons. The summed E-state index contributed by atoms with van der Waals surface area (Å²) in [6.07, 6.45) is 2.09. The van der Waals surface area contributed by atoms with E-state index < -0.39 is 0 Å². The average Bonchev–Trinajstić information content (AvgIpc) is 2.45. The molecule has 19 heavy (non-hydrogen) atoms. The fourth-order valence-corrected chi connectivity index (χ4v) is 1.92. The maximum absolute atomic E-state index is 11.4. The number of nitrogens with two attached hydrogens (primary N) is 1. The van der Waals surface area contributed by atoms with Crippen molar-refractivity contribution in [2.75, 3.05) is 20.8 Å². The lowest BCUT2D eigenvalue weighted by atomic mass is 9.81. The molecule has 0 amide bonds. The third-order valence-electron chi connectivity index (χ3n) is 3.47. The van der Waals surface area contributed by atoms with E-state index in [9.17, 15) is 4.79 Å². The van der Waals surface area contributed by atoms with Gasteiger partial charge in [-0.1, -0.05) is 19.1 Å². The number of rotatable bonds is 7. The maximum Gasteiger partial charge on any atom is 0.306 e. The number of esters is 1. The second-order valence-electron chi connectivity index (χ2n) is 5.12. The van der Waals surface area contributed by atoms with Gasteiger partial charge in [0.15, 0.2) is 0 Å². The van der Waals surface area contributed by atoms with E-state index in [1.807, 2.05) is 31.2 Å². The van der Waals surface area contributed by atoms with Gasteiger partial charge in [0.25, 0.3) is 0 Å². The van der Waals surface area contributed by atoms with Crippen LogP contribution in [-0.2, 0) is 16.0 Å². The molecule has 0 aliphatic heterocycles. The van der Waals surface area contributed by atoms with Crippen molar-refractivity contribution in [3.05, 3.63) is 29.8 Å². The zero-order valence-electron chi connectivity index (χ0n) is 11.9. The van der Waals surface area contributed by atoms with Crippen LogP contribution in [0.2, 0.25) is 0 Å². The minimum Gasteiger partial charge on any atom is -0.497 e. The lowest BCUT2D eigenvalue weighted by Gasteiger charge is -2.26. The van der Waals surface area contributed by atoms with Gasteiger partial charge in [0.2, 0.25) is 0 Å². The molecule has 2 N–H and O–H groups in total. The molecule has 1 aromatic carbocycles. The summed E-state index contributed by atoms with van der Waals surface area (Å²) in [4.78, 5) is 11.4. The summed E-state index contributed by atoms with van der Waals surface area (Å²) in [5.41, 5.74) is 6.79. The molecule has 0 saturated carbocycles. The first-order valence-corrected chi connectivity index (χ1v) is 6.43. The Hall–Kier alpha value is -1.55. The van der Waals surface area contributed by atoms with Gasteiger partial charge in [0.1, 0.15) is 5.75 Å². The standard InChI is InChI=1S/C15H23NO3/c1-15(11-16,10-14(17)19-3)9-8-12-4-6-13(18-2)7-5-12/h4-7H,8-11,16H2,1-3H3. The normalized spacial score (nSPS) is 13.7. The first-order chi connectivity index (χ1) is 9.03. The molecule has 4 heteroatoms. The third kappa shape index (κ3) is 4.91. The molecular weight excluding hydrogens is 242 g/mol. The molecule has 1 atom stereocenters. The van der Waals surface area contributed by atoms with Gasteiger partial charge in [-0.2, -0.15) is 0 Å². The summed E-state index contributed by atoms with van der Waals surface area (Å²) in [5.74, 6) is 0.641. The van der Waals surface area contributed by atoms with Crippen LogP contribution in [0.5, 0.6) is 5.75 Å². The number of carbonyl (C=O) groups excluding carboxylic acids is 1. The first kappa shape index (κ1) is 15.5. The minimum atomic E-state index is -0.215. The summed E-state index contributed by atoms with van der Waals surface area (Å²) in [7, 11) is 3.06. The number of hydrogen-bond acceptors (Lipinski definition) is 4. The van der Waals surface area contributed by atoms with Crippen LogP contribution in [0.25, 0.3) is 0 Å². The Kier molecular flexibility index (Phi) is 5.83. The van der Waals surface area contributed by atoms with Crippen molar-refractivity contribution >= 4 is 5.97 Å². The lowest BCUT2D eigenvalue weighted by Crippen LogP contribution is -2.31. The van der Waals surface area contributed by atoms with Crippen molar-refractivity contribution < 1.29 is 14.3 Å². The van der Waals surface area contributed by atoms with Gasteiger partial charge in [-0.3, -0.25) is 4.79 Å². The molecule has 0 fully saturated rings. The quantitative estimate of drug-likeness (QED) is 0.767. The van der Waals surface area contributed by atoms with Crippen molar-refractivity contribution in [1.29, 1.82) is 0 Å².